The van der Waals surface area contributed by atoms with Crippen molar-refractivity contribution in [2.24, 2.45) is 4.99 Å². The molecule has 0 saturated carbocycles. The van der Waals surface area contributed by atoms with Gasteiger partial charge < -0.3 is 9.47 Å². The summed E-state index contributed by atoms with van der Waals surface area (Å²) in [5.74, 6) is -0.275. The number of nitrogens with zero attached hydrogens (tertiary/aromatic N) is 1. The van der Waals surface area contributed by atoms with Crippen LogP contribution in [0.2, 0.25) is 0 Å². The summed E-state index contributed by atoms with van der Waals surface area (Å²) in [6.07, 6.45) is 1.60. The highest BCUT2D eigenvalue weighted by atomic mass is 32.1. The zero-order valence-electron chi connectivity index (χ0n) is 14.0. The van der Waals surface area contributed by atoms with E-state index in [0.717, 1.165) is 5.56 Å². The fraction of sp³-hybridized carbons (Fsp3) is 0. The second-order valence-corrected chi connectivity index (χ2v) is 6.59. The number of carbonyl (C=O) groups excluding carboxylic acids is 2. The number of carbonyl (C=O) groups is 2. The second-order valence-electron chi connectivity index (χ2n) is 5.64. The molecule has 0 N–H and O–H groups in total. The van der Waals surface area contributed by atoms with E-state index in [9.17, 15) is 9.59 Å². The van der Waals surface area contributed by atoms with Crippen molar-refractivity contribution in [3.05, 3.63) is 93.8 Å². The molecule has 1 aliphatic heterocycles. The van der Waals surface area contributed by atoms with E-state index in [2.05, 4.69) is 4.99 Å². The van der Waals surface area contributed by atoms with Gasteiger partial charge in [-0.3, -0.25) is 0 Å². The average Bonchev–Trinajstić information content (AvgIpc) is 3.34. The summed E-state index contributed by atoms with van der Waals surface area (Å²) in [5.41, 5.74) is 1.60. The first-order chi connectivity index (χ1) is 13.2. The number of thiophene rings is 1. The number of ether oxygens (including phenoxy) is 2. The molecular weight excluding hydrogens is 362 g/mol. The van der Waals surface area contributed by atoms with Crippen molar-refractivity contribution >= 4 is 35.2 Å². The SMILES string of the molecule is O=C1OC(c2ccccc2)=NC1=Cc1cccc(OC(=O)c2cccs2)c1. The average molecular weight is 375 g/mol. The van der Waals surface area contributed by atoms with Gasteiger partial charge in [-0.05, 0) is 47.4 Å². The van der Waals surface area contributed by atoms with Gasteiger partial charge in [-0.1, -0.05) is 36.4 Å². The molecule has 0 unspecified atom stereocenters. The molecule has 0 atom stereocenters. The third kappa shape index (κ3) is 3.86. The van der Waals surface area contributed by atoms with Crippen molar-refractivity contribution in [2.45, 2.75) is 0 Å². The van der Waals surface area contributed by atoms with Crippen LogP contribution in [0.3, 0.4) is 0 Å². The first-order valence-corrected chi connectivity index (χ1v) is 9.01. The predicted molar refractivity (Wildman–Crippen MR) is 103 cm³/mol. The van der Waals surface area contributed by atoms with Gasteiger partial charge in [0, 0.05) is 5.56 Å². The van der Waals surface area contributed by atoms with Crippen LogP contribution < -0.4 is 4.74 Å². The normalized spacial score (nSPS) is 14.7. The van der Waals surface area contributed by atoms with E-state index in [1.807, 2.05) is 35.7 Å². The molecule has 1 aromatic heterocycles. The molecule has 2 heterocycles. The van der Waals surface area contributed by atoms with Gasteiger partial charge in [0.05, 0.1) is 0 Å². The van der Waals surface area contributed by atoms with E-state index >= 15 is 0 Å². The molecule has 6 heteroatoms. The quantitative estimate of drug-likeness (QED) is 0.387. The van der Waals surface area contributed by atoms with Crippen LogP contribution in [-0.2, 0) is 9.53 Å². The molecule has 4 rings (SSSR count). The molecule has 132 valence electrons. The molecule has 2 aromatic carbocycles. The van der Waals surface area contributed by atoms with E-state index in [1.165, 1.54) is 11.3 Å². The Balaban J connectivity index is 1.56. The van der Waals surface area contributed by atoms with Crippen LogP contribution in [0, 0.1) is 0 Å². The van der Waals surface area contributed by atoms with Crippen LogP contribution in [0.25, 0.3) is 6.08 Å². The van der Waals surface area contributed by atoms with Gasteiger partial charge in [-0.2, -0.15) is 0 Å². The minimum absolute atomic E-state index is 0.190. The number of rotatable bonds is 4. The van der Waals surface area contributed by atoms with Gasteiger partial charge in [-0.15, -0.1) is 11.3 Å². The first kappa shape index (κ1) is 16.9. The van der Waals surface area contributed by atoms with Gasteiger partial charge in [0.2, 0.25) is 5.90 Å². The Morgan fingerprint density at radius 1 is 1.04 bits per heavy atom. The van der Waals surface area contributed by atoms with Crippen LogP contribution in [0.5, 0.6) is 5.75 Å². The lowest BCUT2D eigenvalue weighted by atomic mass is 10.2. The summed E-state index contributed by atoms with van der Waals surface area (Å²) in [7, 11) is 0. The maximum Gasteiger partial charge on any atom is 0.363 e. The second kappa shape index (κ2) is 7.39. The van der Waals surface area contributed by atoms with Crippen molar-refractivity contribution < 1.29 is 19.1 Å². The summed E-state index contributed by atoms with van der Waals surface area (Å²) in [6, 6.07) is 19.6. The molecule has 3 aromatic rings. The molecule has 27 heavy (non-hydrogen) atoms. The molecule has 0 bridgehead atoms. The largest absolute Gasteiger partial charge is 0.422 e. The Hall–Kier alpha value is -3.51. The molecular formula is C21H13NO4S. The Morgan fingerprint density at radius 3 is 2.67 bits per heavy atom. The lowest BCUT2D eigenvalue weighted by molar-refractivity contribution is -0.129. The van der Waals surface area contributed by atoms with Crippen LogP contribution in [0.1, 0.15) is 20.8 Å². The Labute approximate surface area is 159 Å². The molecule has 0 aliphatic carbocycles. The molecule has 0 amide bonds. The van der Waals surface area contributed by atoms with Gasteiger partial charge in [0.25, 0.3) is 0 Å². The highest BCUT2D eigenvalue weighted by Gasteiger charge is 2.24. The maximum atomic E-state index is 12.1. The van der Waals surface area contributed by atoms with E-state index < -0.39 is 11.9 Å². The third-order valence-electron chi connectivity index (χ3n) is 3.74. The molecule has 0 fully saturated rings. The van der Waals surface area contributed by atoms with Crippen LogP contribution in [-0.4, -0.2) is 17.8 Å². The fourth-order valence-electron chi connectivity index (χ4n) is 2.49. The summed E-state index contributed by atoms with van der Waals surface area (Å²) in [5, 5.41) is 1.81. The van der Waals surface area contributed by atoms with E-state index in [1.54, 1.807) is 42.5 Å². The van der Waals surface area contributed by atoms with Crippen molar-refractivity contribution in [3.63, 3.8) is 0 Å². The van der Waals surface area contributed by atoms with Crippen LogP contribution in [0.4, 0.5) is 0 Å². The molecule has 0 saturated heterocycles. The van der Waals surface area contributed by atoms with Crippen molar-refractivity contribution in [1.29, 1.82) is 0 Å². The zero-order chi connectivity index (χ0) is 18.6. The summed E-state index contributed by atoms with van der Waals surface area (Å²) in [6.45, 7) is 0. The predicted octanol–water partition coefficient (Wildman–Crippen LogP) is 4.31. The van der Waals surface area contributed by atoms with Gasteiger partial charge in [0.15, 0.2) is 5.70 Å². The minimum atomic E-state index is -0.519. The topological polar surface area (TPSA) is 65.0 Å². The number of cyclic esters (lactones) is 1. The summed E-state index contributed by atoms with van der Waals surface area (Å²) in [4.78, 5) is 28.9. The van der Waals surface area contributed by atoms with Gasteiger partial charge in [-0.25, -0.2) is 14.6 Å². The third-order valence-corrected chi connectivity index (χ3v) is 4.59. The minimum Gasteiger partial charge on any atom is -0.422 e. The zero-order valence-corrected chi connectivity index (χ0v) is 14.8. The Bertz CT molecular complexity index is 1050. The molecule has 0 spiro atoms. The smallest absolute Gasteiger partial charge is 0.363 e. The van der Waals surface area contributed by atoms with Gasteiger partial charge >= 0.3 is 11.9 Å². The van der Waals surface area contributed by atoms with E-state index in [-0.39, 0.29) is 11.6 Å². The highest BCUT2D eigenvalue weighted by molar-refractivity contribution is 7.12. The van der Waals surface area contributed by atoms with Crippen molar-refractivity contribution in [3.8, 4) is 5.75 Å². The molecule has 5 nitrogen and oxygen atoms in total. The Morgan fingerprint density at radius 2 is 1.89 bits per heavy atom. The lowest BCUT2D eigenvalue weighted by Crippen LogP contribution is -2.06. The van der Waals surface area contributed by atoms with Crippen molar-refractivity contribution in [1.82, 2.24) is 0 Å². The number of benzene rings is 2. The first-order valence-electron chi connectivity index (χ1n) is 8.13. The number of hydrogen-bond acceptors (Lipinski definition) is 6. The number of hydrogen-bond donors (Lipinski definition) is 0. The maximum absolute atomic E-state index is 12.1. The standard InChI is InChI=1S/C21H13NO4S/c23-20-17(22-19(26-20)15-7-2-1-3-8-15)13-14-6-4-9-16(12-14)25-21(24)18-10-5-11-27-18/h1-13H. The number of esters is 2. The van der Waals surface area contributed by atoms with E-state index in [4.69, 9.17) is 9.47 Å². The lowest BCUT2D eigenvalue weighted by Gasteiger charge is -2.03. The van der Waals surface area contributed by atoms with Gasteiger partial charge in [0.1, 0.15) is 10.6 Å². The molecule has 0 radical (unpaired) electrons. The van der Waals surface area contributed by atoms with E-state index in [0.29, 0.717) is 16.2 Å². The Kier molecular flexibility index (Phi) is 4.63. The fourth-order valence-corrected chi connectivity index (χ4v) is 3.09. The summed E-state index contributed by atoms with van der Waals surface area (Å²) >= 11 is 1.31. The number of aliphatic imine (C=N–C) groups is 1. The highest BCUT2D eigenvalue weighted by Crippen LogP contribution is 2.22. The van der Waals surface area contributed by atoms with Crippen LogP contribution >= 0.6 is 11.3 Å². The van der Waals surface area contributed by atoms with Crippen LogP contribution in [0.15, 0.2) is 82.8 Å². The summed E-state index contributed by atoms with van der Waals surface area (Å²) < 4.78 is 10.6. The molecule has 1 aliphatic rings. The van der Waals surface area contributed by atoms with Crippen molar-refractivity contribution in [2.75, 3.05) is 0 Å². The monoisotopic (exact) mass is 375 g/mol.